The van der Waals surface area contributed by atoms with Crippen LogP contribution in [-0.2, 0) is 24.4 Å². The van der Waals surface area contributed by atoms with Gasteiger partial charge in [-0.3, -0.25) is 9.69 Å². The molecule has 24 heavy (non-hydrogen) atoms. The summed E-state index contributed by atoms with van der Waals surface area (Å²) in [6.07, 6.45) is 7.43. The molecule has 138 valence electrons. The summed E-state index contributed by atoms with van der Waals surface area (Å²) < 4.78 is 43.8. The summed E-state index contributed by atoms with van der Waals surface area (Å²) in [4.78, 5) is 14.0. The van der Waals surface area contributed by atoms with E-state index in [1.165, 1.54) is 0 Å². The predicted octanol–water partition coefficient (Wildman–Crippen LogP) is 0.912. The fourth-order valence-corrected chi connectivity index (χ4v) is 3.74. The molecule has 0 spiro atoms. The lowest BCUT2D eigenvalue weighted by Gasteiger charge is -2.30. The Hall–Kier alpha value is -0.960. The van der Waals surface area contributed by atoms with Crippen molar-refractivity contribution in [3.8, 4) is 0 Å². The highest BCUT2D eigenvalue weighted by molar-refractivity contribution is 7.85. The van der Waals surface area contributed by atoms with Crippen molar-refractivity contribution >= 4 is 16.1 Å². The molecule has 2 aliphatic rings. The monoisotopic (exact) mass is 360 g/mol. The van der Waals surface area contributed by atoms with Gasteiger partial charge in [-0.2, -0.15) is 0 Å². The Morgan fingerprint density at radius 1 is 1.33 bits per heavy atom. The SMILES string of the molecule is O=C(CCC1CC=CCC1)OC(CN1CCOCC1)CS(=O)(=O)[O-]. The zero-order valence-corrected chi connectivity index (χ0v) is 14.7. The highest BCUT2D eigenvalue weighted by atomic mass is 32.2. The molecule has 2 atom stereocenters. The van der Waals surface area contributed by atoms with E-state index in [0.717, 1.165) is 25.7 Å². The molecule has 7 nitrogen and oxygen atoms in total. The number of carbonyl (C=O) groups is 1. The Balaban J connectivity index is 1.81. The van der Waals surface area contributed by atoms with Crippen LogP contribution < -0.4 is 0 Å². The number of carbonyl (C=O) groups excluding carboxylic acids is 1. The summed E-state index contributed by atoms with van der Waals surface area (Å²) in [5, 5.41) is 0. The summed E-state index contributed by atoms with van der Waals surface area (Å²) in [6, 6.07) is 0. The number of hydrogen-bond donors (Lipinski definition) is 0. The molecule has 0 bridgehead atoms. The minimum atomic E-state index is -4.45. The normalized spacial score (nSPS) is 23.8. The molecule has 2 rings (SSSR count). The molecule has 0 N–H and O–H groups in total. The summed E-state index contributed by atoms with van der Waals surface area (Å²) in [7, 11) is -4.45. The van der Waals surface area contributed by atoms with Crippen molar-refractivity contribution in [2.24, 2.45) is 5.92 Å². The van der Waals surface area contributed by atoms with E-state index in [4.69, 9.17) is 9.47 Å². The molecular weight excluding hydrogens is 334 g/mol. The lowest BCUT2D eigenvalue weighted by Crippen LogP contribution is -2.44. The molecule has 0 radical (unpaired) electrons. The van der Waals surface area contributed by atoms with Gasteiger partial charge in [0, 0.05) is 26.1 Å². The van der Waals surface area contributed by atoms with Gasteiger partial charge in [0.25, 0.3) is 0 Å². The van der Waals surface area contributed by atoms with E-state index in [2.05, 4.69) is 12.2 Å². The Labute approximate surface area is 143 Å². The summed E-state index contributed by atoms with van der Waals surface area (Å²) in [6.45, 7) is 2.64. The Kier molecular flexibility index (Phi) is 7.67. The fraction of sp³-hybridized carbons (Fsp3) is 0.812. The Bertz CT molecular complexity index is 527. The van der Waals surface area contributed by atoms with Crippen LogP contribution >= 0.6 is 0 Å². The van der Waals surface area contributed by atoms with Gasteiger partial charge in [0.05, 0.1) is 29.1 Å². The van der Waals surface area contributed by atoms with Crippen LogP contribution in [0.15, 0.2) is 12.2 Å². The van der Waals surface area contributed by atoms with Crippen molar-refractivity contribution < 1.29 is 27.2 Å². The standard InChI is InChI=1S/C16H27NO6S/c18-16(7-6-14-4-2-1-3-5-14)23-15(13-24(19,20)21)12-17-8-10-22-11-9-17/h1-2,14-15H,3-13H2,(H,19,20,21)/p-1. The molecular formula is C16H26NO6S-. The van der Waals surface area contributed by atoms with Gasteiger partial charge in [0.1, 0.15) is 6.10 Å². The van der Waals surface area contributed by atoms with Crippen LogP contribution in [0.5, 0.6) is 0 Å². The maximum atomic E-state index is 12.0. The minimum Gasteiger partial charge on any atom is -0.748 e. The first kappa shape index (κ1) is 19.4. The zero-order chi connectivity index (χ0) is 17.4. The lowest BCUT2D eigenvalue weighted by molar-refractivity contribution is -0.149. The quantitative estimate of drug-likeness (QED) is 0.361. The van der Waals surface area contributed by atoms with Crippen LogP contribution in [-0.4, -0.2) is 68.5 Å². The van der Waals surface area contributed by atoms with E-state index in [-0.39, 0.29) is 13.0 Å². The number of nitrogens with zero attached hydrogens (tertiary/aromatic N) is 1. The van der Waals surface area contributed by atoms with Crippen LogP contribution in [0.25, 0.3) is 0 Å². The van der Waals surface area contributed by atoms with Gasteiger partial charge in [-0.1, -0.05) is 12.2 Å². The summed E-state index contributed by atoms with van der Waals surface area (Å²) >= 11 is 0. The maximum absolute atomic E-state index is 12.0. The number of esters is 1. The van der Waals surface area contributed by atoms with Gasteiger partial charge in [0.15, 0.2) is 0 Å². The van der Waals surface area contributed by atoms with Crippen molar-refractivity contribution in [2.75, 3.05) is 38.6 Å². The van der Waals surface area contributed by atoms with Crippen molar-refractivity contribution in [1.82, 2.24) is 4.90 Å². The highest BCUT2D eigenvalue weighted by Crippen LogP contribution is 2.23. The van der Waals surface area contributed by atoms with Crippen LogP contribution in [0.3, 0.4) is 0 Å². The average Bonchev–Trinajstić information content (AvgIpc) is 2.53. The van der Waals surface area contributed by atoms with Gasteiger partial charge >= 0.3 is 5.97 Å². The van der Waals surface area contributed by atoms with Crippen molar-refractivity contribution in [1.29, 1.82) is 0 Å². The van der Waals surface area contributed by atoms with Crippen LogP contribution in [0.1, 0.15) is 32.1 Å². The van der Waals surface area contributed by atoms with Crippen LogP contribution in [0.4, 0.5) is 0 Å². The second-order valence-corrected chi connectivity index (χ2v) is 7.89. The predicted molar refractivity (Wildman–Crippen MR) is 87.4 cm³/mol. The van der Waals surface area contributed by atoms with Gasteiger partial charge in [-0.15, -0.1) is 0 Å². The van der Waals surface area contributed by atoms with Crippen molar-refractivity contribution in [3.63, 3.8) is 0 Å². The van der Waals surface area contributed by atoms with E-state index in [1.54, 1.807) is 0 Å². The van der Waals surface area contributed by atoms with Gasteiger partial charge in [-0.25, -0.2) is 8.42 Å². The fourth-order valence-electron chi connectivity index (χ4n) is 3.11. The number of hydrogen-bond acceptors (Lipinski definition) is 7. The second-order valence-electron chi connectivity index (χ2n) is 6.44. The lowest BCUT2D eigenvalue weighted by atomic mass is 9.90. The van der Waals surface area contributed by atoms with E-state index in [0.29, 0.717) is 32.2 Å². The number of rotatable bonds is 8. The van der Waals surface area contributed by atoms with Gasteiger partial charge < -0.3 is 14.0 Å². The molecule has 0 amide bonds. The zero-order valence-electron chi connectivity index (χ0n) is 13.9. The van der Waals surface area contributed by atoms with E-state index in [9.17, 15) is 17.8 Å². The van der Waals surface area contributed by atoms with Crippen molar-refractivity contribution in [2.45, 2.75) is 38.2 Å². The summed E-state index contributed by atoms with van der Waals surface area (Å²) in [5.74, 6) is -0.627. The molecule has 0 aromatic carbocycles. The highest BCUT2D eigenvalue weighted by Gasteiger charge is 2.23. The molecule has 1 aliphatic carbocycles. The molecule has 0 saturated carbocycles. The minimum absolute atomic E-state index is 0.253. The van der Waals surface area contributed by atoms with Gasteiger partial charge in [0.2, 0.25) is 0 Å². The topological polar surface area (TPSA) is 96.0 Å². The van der Waals surface area contributed by atoms with Crippen molar-refractivity contribution in [3.05, 3.63) is 12.2 Å². The molecule has 0 aromatic heterocycles. The third-order valence-corrected chi connectivity index (χ3v) is 5.17. The van der Waals surface area contributed by atoms with Crippen LogP contribution in [0, 0.1) is 5.92 Å². The molecule has 8 heteroatoms. The first-order chi connectivity index (χ1) is 11.4. The molecule has 1 aliphatic heterocycles. The third kappa shape index (κ3) is 7.74. The Morgan fingerprint density at radius 2 is 2.08 bits per heavy atom. The van der Waals surface area contributed by atoms with E-state index in [1.807, 2.05) is 4.90 Å². The third-order valence-electron chi connectivity index (χ3n) is 4.39. The number of allylic oxidation sites excluding steroid dienone is 2. The van der Waals surface area contributed by atoms with Gasteiger partial charge in [-0.05, 0) is 31.6 Å². The first-order valence-electron chi connectivity index (χ1n) is 8.50. The number of ether oxygens (including phenoxy) is 2. The second kappa shape index (κ2) is 9.50. The maximum Gasteiger partial charge on any atom is 0.306 e. The van der Waals surface area contributed by atoms with Crippen LogP contribution in [0.2, 0.25) is 0 Å². The smallest absolute Gasteiger partial charge is 0.306 e. The largest absolute Gasteiger partial charge is 0.748 e. The van der Waals surface area contributed by atoms with E-state index < -0.39 is 27.9 Å². The molecule has 0 aromatic rings. The molecule has 2 unspecified atom stereocenters. The van der Waals surface area contributed by atoms with E-state index >= 15 is 0 Å². The number of morpholine rings is 1. The molecule has 1 fully saturated rings. The first-order valence-corrected chi connectivity index (χ1v) is 10.1. The summed E-state index contributed by atoms with van der Waals surface area (Å²) in [5.41, 5.74) is 0. The molecule has 1 saturated heterocycles. The average molecular weight is 360 g/mol. The Morgan fingerprint density at radius 3 is 2.71 bits per heavy atom. The molecule has 1 heterocycles.